The molecule has 3 nitrogen and oxygen atoms in total. The molecule has 0 bridgehead atoms. The van der Waals surface area contributed by atoms with Gasteiger partial charge in [-0.1, -0.05) is 19.4 Å². The summed E-state index contributed by atoms with van der Waals surface area (Å²) in [6, 6.07) is 6.22. The topological polar surface area (TPSA) is 51.8 Å². The summed E-state index contributed by atoms with van der Waals surface area (Å²) in [4.78, 5) is 8.19. The minimum atomic E-state index is 0.557. The average Bonchev–Trinajstić information content (AvgIpc) is 2.26. The molecule has 2 aromatic rings. The molecule has 0 aliphatic rings. The first-order valence-corrected chi connectivity index (χ1v) is 5.30. The van der Waals surface area contributed by atoms with Crippen molar-refractivity contribution in [2.75, 3.05) is 5.73 Å². The Balaban J connectivity index is 2.39. The number of hydrogen-bond acceptors (Lipinski definition) is 3. The van der Waals surface area contributed by atoms with Crippen molar-refractivity contribution in [2.24, 2.45) is 0 Å². The van der Waals surface area contributed by atoms with Crippen molar-refractivity contribution in [1.82, 2.24) is 9.97 Å². The number of nitrogen functional groups attached to an aromatic ring is 1. The Kier molecular flexibility index (Phi) is 2.81. The SMILES string of the molecule is CCCCc1ccc2c(N)ncnc2c1. The van der Waals surface area contributed by atoms with Gasteiger partial charge in [0.05, 0.1) is 5.52 Å². The van der Waals surface area contributed by atoms with Gasteiger partial charge in [-0.05, 0) is 30.5 Å². The van der Waals surface area contributed by atoms with Gasteiger partial charge in [0, 0.05) is 5.39 Å². The number of anilines is 1. The Morgan fingerprint density at radius 3 is 2.93 bits per heavy atom. The second kappa shape index (κ2) is 4.26. The molecule has 0 radical (unpaired) electrons. The molecule has 2 N–H and O–H groups in total. The summed E-state index contributed by atoms with van der Waals surface area (Å²) in [6.45, 7) is 2.20. The highest BCUT2D eigenvalue weighted by Gasteiger charge is 2.00. The van der Waals surface area contributed by atoms with Gasteiger partial charge in [0.1, 0.15) is 12.1 Å². The molecule has 0 fully saturated rings. The van der Waals surface area contributed by atoms with Crippen molar-refractivity contribution in [3.63, 3.8) is 0 Å². The standard InChI is InChI=1S/C12H15N3/c1-2-3-4-9-5-6-10-11(7-9)14-8-15-12(10)13/h5-8H,2-4H2,1H3,(H2,13,14,15). The second-order valence-electron chi connectivity index (χ2n) is 3.71. The third kappa shape index (κ3) is 2.06. The lowest BCUT2D eigenvalue weighted by Crippen LogP contribution is -1.94. The molecule has 78 valence electrons. The van der Waals surface area contributed by atoms with Gasteiger partial charge in [-0.2, -0.15) is 0 Å². The Hall–Kier alpha value is -1.64. The fourth-order valence-corrected chi connectivity index (χ4v) is 1.66. The maximum Gasteiger partial charge on any atom is 0.134 e. The highest BCUT2D eigenvalue weighted by Crippen LogP contribution is 2.18. The van der Waals surface area contributed by atoms with E-state index in [9.17, 15) is 0 Å². The minimum absolute atomic E-state index is 0.557. The molecule has 2 rings (SSSR count). The number of benzene rings is 1. The predicted molar refractivity (Wildman–Crippen MR) is 62.6 cm³/mol. The van der Waals surface area contributed by atoms with E-state index in [4.69, 9.17) is 5.73 Å². The molecular weight excluding hydrogens is 186 g/mol. The maximum atomic E-state index is 5.76. The van der Waals surface area contributed by atoms with Gasteiger partial charge in [0.25, 0.3) is 0 Å². The van der Waals surface area contributed by atoms with Crippen LogP contribution < -0.4 is 5.73 Å². The van der Waals surface area contributed by atoms with E-state index in [0.29, 0.717) is 5.82 Å². The van der Waals surface area contributed by atoms with Gasteiger partial charge in [-0.15, -0.1) is 0 Å². The summed E-state index contributed by atoms with van der Waals surface area (Å²) in [5, 5.41) is 0.942. The van der Waals surface area contributed by atoms with Crippen molar-refractivity contribution in [2.45, 2.75) is 26.2 Å². The van der Waals surface area contributed by atoms with Crippen LogP contribution in [0.4, 0.5) is 5.82 Å². The molecule has 0 aliphatic heterocycles. The number of nitrogens with two attached hydrogens (primary N) is 1. The van der Waals surface area contributed by atoms with Crippen LogP contribution in [0, 0.1) is 0 Å². The average molecular weight is 201 g/mol. The molecule has 0 aliphatic carbocycles. The van der Waals surface area contributed by atoms with Gasteiger partial charge in [-0.3, -0.25) is 0 Å². The number of fused-ring (bicyclic) bond motifs is 1. The first-order chi connectivity index (χ1) is 7.31. The lowest BCUT2D eigenvalue weighted by atomic mass is 10.1. The molecule has 0 saturated carbocycles. The quantitative estimate of drug-likeness (QED) is 0.830. The Morgan fingerprint density at radius 2 is 2.13 bits per heavy atom. The number of unbranched alkanes of at least 4 members (excludes halogenated alkanes) is 1. The number of aromatic nitrogens is 2. The van der Waals surface area contributed by atoms with Gasteiger partial charge in [0.15, 0.2) is 0 Å². The zero-order chi connectivity index (χ0) is 10.7. The molecule has 0 unspecified atom stereocenters. The van der Waals surface area contributed by atoms with Gasteiger partial charge in [0.2, 0.25) is 0 Å². The third-order valence-corrected chi connectivity index (χ3v) is 2.55. The summed E-state index contributed by atoms with van der Waals surface area (Å²) >= 11 is 0. The molecule has 1 heterocycles. The first-order valence-electron chi connectivity index (χ1n) is 5.30. The molecule has 3 heteroatoms. The molecule has 1 aromatic heterocycles. The van der Waals surface area contributed by atoms with Crippen molar-refractivity contribution in [3.8, 4) is 0 Å². The number of aryl methyl sites for hydroxylation is 1. The summed E-state index contributed by atoms with van der Waals surface area (Å²) in [5.41, 5.74) is 8.02. The van der Waals surface area contributed by atoms with Crippen LogP contribution in [0.1, 0.15) is 25.3 Å². The van der Waals surface area contributed by atoms with Gasteiger partial charge < -0.3 is 5.73 Å². The Morgan fingerprint density at radius 1 is 1.27 bits per heavy atom. The van der Waals surface area contributed by atoms with Crippen LogP contribution in [0.15, 0.2) is 24.5 Å². The van der Waals surface area contributed by atoms with Crippen molar-refractivity contribution < 1.29 is 0 Å². The second-order valence-corrected chi connectivity index (χ2v) is 3.71. The van der Waals surface area contributed by atoms with Crippen LogP contribution in [-0.4, -0.2) is 9.97 Å². The highest BCUT2D eigenvalue weighted by atomic mass is 14.9. The number of hydrogen-bond donors (Lipinski definition) is 1. The lowest BCUT2D eigenvalue weighted by molar-refractivity contribution is 0.795. The highest BCUT2D eigenvalue weighted by molar-refractivity contribution is 5.87. The van der Waals surface area contributed by atoms with Crippen LogP contribution in [0.2, 0.25) is 0 Å². The van der Waals surface area contributed by atoms with E-state index in [1.807, 2.05) is 6.07 Å². The van der Waals surface area contributed by atoms with Gasteiger partial charge in [-0.25, -0.2) is 9.97 Å². The summed E-state index contributed by atoms with van der Waals surface area (Å²) in [5.74, 6) is 0.557. The normalized spacial score (nSPS) is 10.7. The summed E-state index contributed by atoms with van der Waals surface area (Å²) < 4.78 is 0. The van der Waals surface area contributed by atoms with Crippen LogP contribution in [0.5, 0.6) is 0 Å². The van der Waals surface area contributed by atoms with Gasteiger partial charge >= 0.3 is 0 Å². The Labute approximate surface area is 89.4 Å². The first kappa shape index (κ1) is 9.90. The van der Waals surface area contributed by atoms with E-state index in [1.165, 1.54) is 24.7 Å². The predicted octanol–water partition coefficient (Wildman–Crippen LogP) is 2.55. The fraction of sp³-hybridized carbons (Fsp3) is 0.333. The number of nitrogens with zero attached hydrogens (tertiary/aromatic N) is 2. The smallest absolute Gasteiger partial charge is 0.134 e. The third-order valence-electron chi connectivity index (χ3n) is 2.55. The van der Waals surface area contributed by atoms with Crippen molar-refractivity contribution in [1.29, 1.82) is 0 Å². The van der Waals surface area contributed by atoms with Crippen LogP contribution >= 0.6 is 0 Å². The molecule has 0 saturated heterocycles. The van der Waals surface area contributed by atoms with E-state index in [1.54, 1.807) is 0 Å². The zero-order valence-corrected chi connectivity index (χ0v) is 8.90. The van der Waals surface area contributed by atoms with Crippen LogP contribution in [0.25, 0.3) is 10.9 Å². The van der Waals surface area contributed by atoms with Crippen LogP contribution in [-0.2, 0) is 6.42 Å². The van der Waals surface area contributed by atoms with E-state index >= 15 is 0 Å². The zero-order valence-electron chi connectivity index (χ0n) is 8.90. The molecule has 15 heavy (non-hydrogen) atoms. The molecule has 1 aromatic carbocycles. The van der Waals surface area contributed by atoms with Crippen molar-refractivity contribution in [3.05, 3.63) is 30.1 Å². The largest absolute Gasteiger partial charge is 0.383 e. The molecule has 0 spiro atoms. The fourth-order valence-electron chi connectivity index (χ4n) is 1.66. The minimum Gasteiger partial charge on any atom is -0.383 e. The molecular formula is C12H15N3. The summed E-state index contributed by atoms with van der Waals surface area (Å²) in [7, 11) is 0. The van der Waals surface area contributed by atoms with Crippen LogP contribution in [0.3, 0.4) is 0 Å². The van der Waals surface area contributed by atoms with Crippen molar-refractivity contribution >= 4 is 16.7 Å². The maximum absolute atomic E-state index is 5.76. The van der Waals surface area contributed by atoms with E-state index in [2.05, 4.69) is 29.0 Å². The van der Waals surface area contributed by atoms with E-state index in [-0.39, 0.29) is 0 Å². The summed E-state index contributed by atoms with van der Waals surface area (Å²) in [6.07, 6.45) is 5.05. The Bertz CT molecular complexity index is 465. The molecule has 0 atom stereocenters. The molecule has 0 amide bonds. The monoisotopic (exact) mass is 201 g/mol. The number of rotatable bonds is 3. The van der Waals surface area contributed by atoms with E-state index < -0.39 is 0 Å². The lowest BCUT2D eigenvalue weighted by Gasteiger charge is -2.03. The van der Waals surface area contributed by atoms with E-state index in [0.717, 1.165) is 17.3 Å².